The number of halogens is 1. The minimum Gasteiger partial charge on any atom is -0.457 e. The van der Waals surface area contributed by atoms with Gasteiger partial charge in [-0.15, -0.1) is 0 Å². The Balaban J connectivity index is 1.86. The lowest BCUT2D eigenvalue weighted by molar-refractivity contribution is 0.570. The van der Waals surface area contributed by atoms with E-state index in [1.54, 1.807) is 24.3 Å². The smallest absolute Gasteiger partial charge is 0.283 e. The normalized spacial score (nSPS) is 12.0. The van der Waals surface area contributed by atoms with E-state index in [2.05, 4.69) is 10.1 Å². The highest BCUT2D eigenvalue weighted by Crippen LogP contribution is 2.22. The summed E-state index contributed by atoms with van der Waals surface area (Å²) in [5.74, 6) is 0.632. The summed E-state index contributed by atoms with van der Waals surface area (Å²) >= 11 is 1.32. The first-order valence-electron chi connectivity index (χ1n) is 8.14. The lowest BCUT2D eigenvalue weighted by Crippen LogP contribution is -2.47. The highest BCUT2D eigenvalue weighted by Gasteiger charge is 2.11. The molecule has 8 heteroatoms. The van der Waals surface area contributed by atoms with Crippen LogP contribution in [0.3, 0.4) is 0 Å². The van der Waals surface area contributed by atoms with Gasteiger partial charge in [0.15, 0.2) is 5.49 Å². The van der Waals surface area contributed by atoms with Crippen molar-refractivity contribution < 1.29 is 8.81 Å². The number of benzene rings is 1. The highest BCUT2D eigenvalue weighted by molar-refractivity contribution is 7.11. The third kappa shape index (κ3) is 3.15. The Morgan fingerprint density at radius 3 is 2.70 bits per heavy atom. The molecule has 2 aromatic rings. The van der Waals surface area contributed by atoms with Crippen molar-refractivity contribution in [2.24, 2.45) is 0 Å². The number of fused-ring (bicyclic) bond motifs is 1. The molecule has 0 unspecified atom stereocenters. The predicted molar refractivity (Wildman–Crippen MR) is 101 cm³/mol. The van der Waals surface area contributed by atoms with Gasteiger partial charge in [0.25, 0.3) is 5.56 Å². The lowest BCUT2D eigenvalue weighted by Gasteiger charge is -1.99. The van der Waals surface area contributed by atoms with E-state index in [1.807, 2.05) is 13.8 Å². The van der Waals surface area contributed by atoms with Gasteiger partial charge < -0.3 is 4.42 Å². The molecule has 0 amide bonds. The van der Waals surface area contributed by atoms with Gasteiger partial charge >= 0.3 is 0 Å². The summed E-state index contributed by atoms with van der Waals surface area (Å²) in [5, 5.41) is 12.0. The molecular formula is C19H15FN4O2S. The molecule has 0 atom stereocenters. The molecule has 2 aliphatic rings. The van der Waals surface area contributed by atoms with Crippen LogP contribution in [-0.4, -0.2) is 14.8 Å². The molecule has 1 aromatic heterocycles. The van der Waals surface area contributed by atoms with Gasteiger partial charge in [0.1, 0.15) is 22.0 Å². The van der Waals surface area contributed by atoms with Crippen molar-refractivity contribution in [1.82, 2.24) is 14.8 Å². The second kappa shape index (κ2) is 6.48. The molecule has 0 saturated heterocycles. The molecule has 3 heterocycles. The maximum absolute atomic E-state index is 13.1. The van der Waals surface area contributed by atoms with Crippen molar-refractivity contribution in [1.29, 1.82) is 5.41 Å². The van der Waals surface area contributed by atoms with Gasteiger partial charge in [0, 0.05) is 5.56 Å². The summed E-state index contributed by atoms with van der Waals surface area (Å²) in [7, 11) is 0. The van der Waals surface area contributed by atoms with Crippen molar-refractivity contribution in [3.8, 4) is 16.5 Å². The van der Waals surface area contributed by atoms with E-state index in [0.717, 1.165) is 15.8 Å². The molecule has 0 bridgehead atoms. The zero-order valence-corrected chi connectivity index (χ0v) is 15.4. The average molecular weight is 382 g/mol. The Kier molecular flexibility index (Phi) is 4.12. The Morgan fingerprint density at radius 1 is 1.26 bits per heavy atom. The molecule has 6 nitrogen and oxygen atoms in total. The summed E-state index contributed by atoms with van der Waals surface area (Å²) in [6, 6.07) is 9.35. The minimum atomic E-state index is -0.490. The fourth-order valence-corrected chi connectivity index (χ4v) is 3.47. The molecule has 2 aliphatic heterocycles. The quantitative estimate of drug-likeness (QED) is 0.556. The maximum atomic E-state index is 13.1. The van der Waals surface area contributed by atoms with Gasteiger partial charge in [0.2, 0.25) is 5.13 Å². The van der Waals surface area contributed by atoms with Crippen LogP contribution in [0.5, 0.6) is 0 Å². The molecule has 0 aliphatic carbocycles. The Labute approximate surface area is 156 Å². The number of aromatic nitrogens is 3. The monoisotopic (exact) mass is 382 g/mol. The van der Waals surface area contributed by atoms with Crippen LogP contribution in [0.4, 0.5) is 4.39 Å². The van der Waals surface area contributed by atoms with E-state index < -0.39 is 5.56 Å². The van der Waals surface area contributed by atoms with Crippen LogP contribution in [0, 0.1) is 11.2 Å². The summed E-state index contributed by atoms with van der Waals surface area (Å²) in [6.07, 6.45) is 1.49. The Bertz CT molecular complexity index is 1340. The number of hydrogen-bond donors (Lipinski definition) is 2. The van der Waals surface area contributed by atoms with Gasteiger partial charge in [-0.2, -0.15) is 4.98 Å². The van der Waals surface area contributed by atoms with Crippen molar-refractivity contribution in [2.45, 2.75) is 13.8 Å². The summed E-state index contributed by atoms with van der Waals surface area (Å²) < 4.78 is 21.1. The van der Waals surface area contributed by atoms with E-state index in [4.69, 9.17) is 9.83 Å². The van der Waals surface area contributed by atoms with Crippen LogP contribution in [0.25, 0.3) is 28.1 Å². The second-order valence-corrected chi connectivity index (χ2v) is 7.17. The summed E-state index contributed by atoms with van der Waals surface area (Å²) in [4.78, 5) is 16.4. The molecule has 136 valence electrons. The topological polar surface area (TPSA) is 87.7 Å². The number of H-pyrrole nitrogens is 1. The van der Waals surface area contributed by atoms with E-state index >= 15 is 0 Å². The highest BCUT2D eigenvalue weighted by atomic mass is 32.1. The second-order valence-electron chi connectivity index (χ2n) is 6.19. The molecule has 2 N–H and O–H groups in total. The Morgan fingerprint density at radius 2 is 2.00 bits per heavy atom. The zero-order valence-electron chi connectivity index (χ0n) is 14.5. The third-order valence-electron chi connectivity index (χ3n) is 4.00. The molecule has 4 rings (SSSR count). The first-order valence-corrected chi connectivity index (χ1v) is 8.95. The largest absolute Gasteiger partial charge is 0.457 e. The van der Waals surface area contributed by atoms with Crippen LogP contribution in [0.2, 0.25) is 0 Å². The van der Waals surface area contributed by atoms with E-state index in [-0.39, 0.29) is 16.5 Å². The van der Waals surface area contributed by atoms with Gasteiger partial charge in [-0.05, 0) is 61.9 Å². The van der Waals surface area contributed by atoms with Crippen LogP contribution in [0.1, 0.15) is 19.6 Å². The van der Waals surface area contributed by atoms with Crippen LogP contribution < -0.4 is 20.9 Å². The van der Waals surface area contributed by atoms with Crippen LogP contribution in [0.15, 0.2) is 45.6 Å². The van der Waals surface area contributed by atoms with Gasteiger partial charge in [0.05, 0.1) is 5.22 Å². The third-order valence-corrected chi connectivity index (χ3v) is 5.16. The fourth-order valence-electron chi connectivity index (χ4n) is 2.59. The summed E-state index contributed by atoms with van der Waals surface area (Å²) in [6.45, 7) is 3.88. The van der Waals surface area contributed by atoms with Gasteiger partial charge in [-0.1, -0.05) is 11.3 Å². The number of hydrogen-bond acceptors (Lipinski definition) is 5. The first kappa shape index (κ1) is 17.2. The molecule has 0 spiro atoms. The van der Waals surface area contributed by atoms with Crippen LogP contribution >= 0.6 is 11.3 Å². The van der Waals surface area contributed by atoms with Crippen molar-refractivity contribution in [3.05, 3.63) is 73.7 Å². The number of aromatic amines is 1. The molecule has 1 aromatic carbocycles. The van der Waals surface area contributed by atoms with Crippen molar-refractivity contribution in [3.63, 3.8) is 0 Å². The standard InChI is InChI=1S/C19H15FN4O2S/c1-10(2)18-23-24-16(21)14(17(25)22-19(24)27-18)9-13-7-8-15(26-13)11-3-5-12(20)6-4-11/h3-9,21,23H,1-2H3. The molecule has 0 radical (unpaired) electrons. The lowest BCUT2D eigenvalue weighted by atomic mass is 10.2. The van der Waals surface area contributed by atoms with Crippen molar-refractivity contribution >= 4 is 23.0 Å². The minimum absolute atomic E-state index is 0.00785. The first-order chi connectivity index (χ1) is 12.9. The SMILES string of the molecule is CC(C)=c1[nH]n2c(=N)c(=Cc3ccc(-c4ccc(F)cc4)o3)c(=O)nc-2s1. The van der Waals surface area contributed by atoms with E-state index in [1.165, 1.54) is 34.2 Å². The van der Waals surface area contributed by atoms with E-state index in [9.17, 15) is 9.18 Å². The molecule has 0 fully saturated rings. The number of rotatable bonds is 2. The maximum Gasteiger partial charge on any atom is 0.283 e. The zero-order chi connectivity index (χ0) is 19.1. The molecule has 27 heavy (non-hydrogen) atoms. The molecular weight excluding hydrogens is 367 g/mol. The van der Waals surface area contributed by atoms with Crippen molar-refractivity contribution in [2.75, 3.05) is 0 Å². The number of nitrogens with zero attached hydrogens (tertiary/aromatic N) is 2. The number of nitrogens with one attached hydrogen (secondary N) is 2. The molecule has 0 saturated carbocycles. The number of furan rings is 1. The van der Waals surface area contributed by atoms with Crippen LogP contribution in [-0.2, 0) is 0 Å². The fraction of sp³-hybridized carbons (Fsp3) is 0.105. The Hall–Kier alpha value is -3.26. The van der Waals surface area contributed by atoms with Gasteiger partial charge in [-0.25, -0.2) is 9.07 Å². The average Bonchev–Trinajstić information content (AvgIpc) is 3.26. The predicted octanol–water partition coefficient (Wildman–Crippen LogP) is 1.96. The van der Waals surface area contributed by atoms with Gasteiger partial charge in [-0.3, -0.25) is 15.3 Å². The van der Waals surface area contributed by atoms with E-state index in [0.29, 0.717) is 16.7 Å². The summed E-state index contributed by atoms with van der Waals surface area (Å²) in [5.41, 5.74) is 1.28.